The van der Waals surface area contributed by atoms with Gasteiger partial charge in [-0.3, -0.25) is 0 Å². The van der Waals surface area contributed by atoms with Gasteiger partial charge in [0, 0.05) is 32.4 Å². The van der Waals surface area contributed by atoms with Crippen LogP contribution in [0.3, 0.4) is 0 Å². The quantitative estimate of drug-likeness (QED) is 0.896. The van der Waals surface area contributed by atoms with Crippen LogP contribution in [0.2, 0.25) is 0 Å². The maximum atomic E-state index is 5.75. The fourth-order valence-corrected chi connectivity index (χ4v) is 3.07. The molecule has 1 N–H and O–H groups in total. The van der Waals surface area contributed by atoms with E-state index in [0.29, 0.717) is 6.10 Å². The highest BCUT2D eigenvalue weighted by Gasteiger charge is 2.15. The summed E-state index contributed by atoms with van der Waals surface area (Å²) in [6.45, 7) is 3.91. The number of benzene rings is 1. The van der Waals surface area contributed by atoms with Crippen molar-refractivity contribution in [2.75, 3.05) is 38.2 Å². The van der Waals surface area contributed by atoms with Gasteiger partial charge in [0.25, 0.3) is 0 Å². The Kier molecular flexibility index (Phi) is 4.04. The second kappa shape index (κ2) is 5.93. The Morgan fingerprint density at radius 3 is 3.05 bits per heavy atom. The first kappa shape index (κ1) is 12.9. The summed E-state index contributed by atoms with van der Waals surface area (Å²) in [7, 11) is 2.19. The zero-order valence-corrected chi connectivity index (χ0v) is 11.8. The van der Waals surface area contributed by atoms with Crippen LogP contribution in [0.1, 0.15) is 24.0 Å². The molecular weight excluding hydrogens is 236 g/mol. The Bertz CT molecular complexity index is 427. The molecule has 0 bridgehead atoms. The molecule has 1 fully saturated rings. The van der Waals surface area contributed by atoms with Gasteiger partial charge in [0.15, 0.2) is 0 Å². The van der Waals surface area contributed by atoms with Crippen LogP contribution in [0, 0.1) is 0 Å². The van der Waals surface area contributed by atoms with Crippen LogP contribution in [0.15, 0.2) is 18.2 Å². The van der Waals surface area contributed by atoms with Crippen molar-refractivity contribution in [1.29, 1.82) is 0 Å². The van der Waals surface area contributed by atoms with Crippen LogP contribution >= 0.6 is 0 Å². The number of fused-ring (bicyclic) bond motifs is 1. The maximum absolute atomic E-state index is 5.75. The van der Waals surface area contributed by atoms with E-state index in [9.17, 15) is 0 Å². The smallest absolute Gasteiger partial charge is 0.0716 e. The van der Waals surface area contributed by atoms with Gasteiger partial charge in [-0.25, -0.2) is 0 Å². The van der Waals surface area contributed by atoms with Crippen LogP contribution in [-0.4, -0.2) is 39.4 Å². The number of ether oxygens (including phenoxy) is 1. The van der Waals surface area contributed by atoms with Crippen LogP contribution in [0.5, 0.6) is 0 Å². The Balaban J connectivity index is 1.56. The maximum Gasteiger partial charge on any atom is 0.0716 e. The lowest BCUT2D eigenvalue weighted by Crippen LogP contribution is -2.40. The number of hydrogen-bond acceptors (Lipinski definition) is 3. The van der Waals surface area contributed by atoms with Gasteiger partial charge in [-0.2, -0.15) is 0 Å². The first-order valence-electron chi connectivity index (χ1n) is 7.48. The minimum atomic E-state index is 0.380. The molecule has 0 aromatic heterocycles. The van der Waals surface area contributed by atoms with Crippen molar-refractivity contribution in [1.82, 2.24) is 5.32 Å². The molecule has 3 rings (SSSR count). The molecule has 1 aliphatic heterocycles. The third-order valence-electron chi connectivity index (χ3n) is 4.31. The Morgan fingerprint density at radius 1 is 1.32 bits per heavy atom. The highest BCUT2D eigenvalue weighted by Crippen LogP contribution is 2.26. The largest absolute Gasteiger partial charge is 0.376 e. The van der Waals surface area contributed by atoms with E-state index in [0.717, 1.165) is 32.7 Å². The van der Waals surface area contributed by atoms with Crippen molar-refractivity contribution >= 4 is 5.69 Å². The zero-order valence-electron chi connectivity index (χ0n) is 11.8. The molecule has 0 radical (unpaired) electrons. The van der Waals surface area contributed by atoms with E-state index in [-0.39, 0.29) is 0 Å². The highest BCUT2D eigenvalue weighted by molar-refractivity contribution is 5.51. The molecule has 0 saturated carbocycles. The average molecular weight is 260 g/mol. The SMILES string of the molecule is CN(CCC1CNCCO1)c1ccc2c(c1)CCC2. The molecular formula is C16H24N2O. The second-order valence-corrected chi connectivity index (χ2v) is 5.71. The van der Waals surface area contributed by atoms with Crippen LogP contribution in [0.25, 0.3) is 0 Å². The summed E-state index contributed by atoms with van der Waals surface area (Å²) in [6.07, 6.45) is 5.32. The van der Waals surface area contributed by atoms with Gasteiger partial charge in [0.2, 0.25) is 0 Å². The highest BCUT2D eigenvalue weighted by atomic mass is 16.5. The van der Waals surface area contributed by atoms with Crippen molar-refractivity contribution in [2.24, 2.45) is 0 Å². The van der Waals surface area contributed by atoms with Crippen molar-refractivity contribution in [3.8, 4) is 0 Å². The van der Waals surface area contributed by atoms with Crippen LogP contribution in [0.4, 0.5) is 5.69 Å². The minimum absolute atomic E-state index is 0.380. The van der Waals surface area contributed by atoms with Crippen molar-refractivity contribution in [3.05, 3.63) is 29.3 Å². The fourth-order valence-electron chi connectivity index (χ4n) is 3.07. The summed E-state index contributed by atoms with van der Waals surface area (Å²) in [5, 5.41) is 3.39. The third-order valence-corrected chi connectivity index (χ3v) is 4.31. The summed E-state index contributed by atoms with van der Waals surface area (Å²) >= 11 is 0. The molecule has 0 amide bonds. The molecule has 3 nitrogen and oxygen atoms in total. The lowest BCUT2D eigenvalue weighted by Gasteiger charge is -2.27. The Hall–Kier alpha value is -1.06. The van der Waals surface area contributed by atoms with Crippen molar-refractivity contribution in [3.63, 3.8) is 0 Å². The summed E-state index contributed by atoms with van der Waals surface area (Å²) in [5.74, 6) is 0. The predicted molar refractivity (Wildman–Crippen MR) is 79.0 cm³/mol. The van der Waals surface area contributed by atoms with E-state index in [1.54, 1.807) is 11.1 Å². The first-order valence-corrected chi connectivity index (χ1v) is 7.48. The van der Waals surface area contributed by atoms with Crippen LogP contribution in [-0.2, 0) is 17.6 Å². The van der Waals surface area contributed by atoms with Gasteiger partial charge in [0.1, 0.15) is 0 Å². The van der Waals surface area contributed by atoms with Gasteiger partial charge in [0.05, 0.1) is 12.7 Å². The lowest BCUT2D eigenvalue weighted by atomic mass is 10.1. The molecule has 2 aliphatic rings. The van der Waals surface area contributed by atoms with Gasteiger partial charge in [-0.05, 0) is 48.9 Å². The zero-order chi connectivity index (χ0) is 13.1. The van der Waals surface area contributed by atoms with Crippen molar-refractivity contribution < 1.29 is 4.74 Å². The van der Waals surface area contributed by atoms with E-state index < -0.39 is 0 Å². The predicted octanol–water partition coefficient (Wildman–Crippen LogP) is 1.99. The summed E-state index contributed by atoms with van der Waals surface area (Å²) in [6, 6.07) is 6.96. The number of nitrogens with one attached hydrogen (secondary N) is 1. The van der Waals surface area contributed by atoms with Gasteiger partial charge in [-0.1, -0.05) is 6.07 Å². The number of anilines is 1. The van der Waals surface area contributed by atoms with Gasteiger partial charge in [-0.15, -0.1) is 0 Å². The van der Waals surface area contributed by atoms with E-state index in [1.165, 1.54) is 24.9 Å². The van der Waals surface area contributed by atoms with Crippen molar-refractivity contribution in [2.45, 2.75) is 31.8 Å². The standard InChI is InChI=1S/C16H24N2O/c1-18(9-7-16-12-17-8-10-19-16)15-6-5-13-3-2-4-14(13)11-15/h5-6,11,16-17H,2-4,7-10,12H2,1H3. The number of morpholine rings is 1. The summed E-state index contributed by atoms with van der Waals surface area (Å²) in [4.78, 5) is 2.36. The third kappa shape index (κ3) is 3.10. The molecule has 1 aliphatic carbocycles. The average Bonchev–Trinajstić information content (AvgIpc) is 2.93. The lowest BCUT2D eigenvalue weighted by molar-refractivity contribution is 0.0250. The summed E-state index contributed by atoms with van der Waals surface area (Å²) in [5.41, 5.74) is 4.46. The molecule has 19 heavy (non-hydrogen) atoms. The van der Waals surface area contributed by atoms with Gasteiger partial charge >= 0.3 is 0 Å². The number of aryl methyl sites for hydroxylation is 2. The Morgan fingerprint density at radius 2 is 2.21 bits per heavy atom. The van der Waals surface area contributed by atoms with Crippen LogP contribution < -0.4 is 10.2 Å². The normalized spacial score (nSPS) is 22.3. The molecule has 0 spiro atoms. The molecule has 104 valence electrons. The van der Waals surface area contributed by atoms with E-state index in [4.69, 9.17) is 4.74 Å². The fraction of sp³-hybridized carbons (Fsp3) is 0.625. The van der Waals surface area contributed by atoms with E-state index in [1.807, 2.05) is 0 Å². The molecule has 1 heterocycles. The minimum Gasteiger partial charge on any atom is -0.376 e. The Labute approximate surface area is 115 Å². The molecule has 1 saturated heterocycles. The molecule has 1 unspecified atom stereocenters. The molecule has 3 heteroatoms. The monoisotopic (exact) mass is 260 g/mol. The molecule has 1 atom stereocenters. The second-order valence-electron chi connectivity index (χ2n) is 5.71. The van der Waals surface area contributed by atoms with E-state index >= 15 is 0 Å². The topological polar surface area (TPSA) is 24.5 Å². The van der Waals surface area contributed by atoms with Gasteiger partial charge < -0.3 is 15.0 Å². The number of hydrogen-bond donors (Lipinski definition) is 1. The number of nitrogens with zero attached hydrogens (tertiary/aromatic N) is 1. The first-order chi connectivity index (χ1) is 9.33. The number of rotatable bonds is 4. The molecule has 1 aromatic carbocycles. The van der Waals surface area contributed by atoms with E-state index in [2.05, 4.69) is 35.5 Å². The summed E-state index contributed by atoms with van der Waals surface area (Å²) < 4.78 is 5.75. The molecule has 1 aromatic rings.